The zero-order valence-electron chi connectivity index (χ0n) is 29.6. The number of aromatic nitrogens is 1. The number of anilines is 1. The van der Waals surface area contributed by atoms with Crippen molar-refractivity contribution < 1.29 is 37.0 Å². The number of ether oxygens (including phenoxy) is 3. The van der Waals surface area contributed by atoms with Crippen LogP contribution in [0.5, 0.6) is 0 Å². The van der Waals surface area contributed by atoms with Gasteiger partial charge in [0.15, 0.2) is 5.79 Å². The largest absolute Gasteiger partial charge is 0.460 e. The van der Waals surface area contributed by atoms with Gasteiger partial charge in [0.25, 0.3) is 5.91 Å². The number of nitrogens with one attached hydrogen (secondary N) is 1. The van der Waals surface area contributed by atoms with Gasteiger partial charge in [-0.05, 0) is 101 Å². The van der Waals surface area contributed by atoms with Crippen LogP contribution in [0.4, 0.5) is 18.9 Å². The molecule has 0 bridgehead atoms. The van der Waals surface area contributed by atoms with E-state index in [9.17, 15) is 18.4 Å². The van der Waals surface area contributed by atoms with Crippen LogP contribution in [0.15, 0.2) is 72.8 Å². The van der Waals surface area contributed by atoms with Crippen molar-refractivity contribution in [2.24, 2.45) is 0 Å². The summed E-state index contributed by atoms with van der Waals surface area (Å²) in [5.41, 5.74) is 2.08. The van der Waals surface area contributed by atoms with Gasteiger partial charge in [0.05, 0.1) is 29.9 Å². The molecule has 1 amide bonds. The minimum Gasteiger partial charge on any atom is -0.460 e. The van der Waals surface area contributed by atoms with Crippen LogP contribution in [-0.4, -0.2) is 40.0 Å². The van der Waals surface area contributed by atoms with Gasteiger partial charge in [-0.15, -0.1) is 0 Å². The number of hydrogen-bond donors (Lipinski definition) is 1. The van der Waals surface area contributed by atoms with Crippen molar-refractivity contribution in [1.29, 1.82) is 0 Å². The molecule has 2 atom stereocenters. The number of carbonyl (C=O) groups is 2. The number of nitrogens with zero attached hydrogens (tertiary/aromatic N) is 1. The Morgan fingerprint density at radius 2 is 1.58 bits per heavy atom. The number of rotatable bonds is 10. The molecule has 266 valence electrons. The first-order valence-corrected chi connectivity index (χ1v) is 16.9. The topological polar surface area (TPSA) is 78.8 Å². The molecule has 1 fully saturated rings. The van der Waals surface area contributed by atoms with Gasteiger partial charge in [0, 0.05) is 41.5 Å². The van der Waals surface area contributed by atoms with E-state index in [2.05, 4.69) is 5.32 Å². The monoisotopic (exact) mass is 690 g/mol. The number of hydrogen-bond acceptors (Lipinski definition) is 5. The van der Waals surface area contributed by atoms with Gasteiger partial charge >= 0.3 is 5.97 Å². The molecule has 10 heteroatoms. The average molecular weight is 691 g/mol. The lowest BCUT2D eigenvalue weighted by atomic mass is 9.94. The van der Waals surface area contributed by atoms with Crippen LogP contribution in [0.3, 0.4) is 0 Å². The summed E-state index contributed by atoms with van der Waals surface area (Å²) >= 11 is 0. The molecule has 5 rings (SSSR count). The summed E-state index contributed by atoms with van der Waals surface area (Å²) in [6, 6.07) is 18.0. The second kappa shape index (κ2) is 14.8. The van der Waals surface area contributed by atoms with Crippen molar-refractivity contribution >= 4 is 17.6 Å². The molecular formula is C40H45F3N2O5. The summed E-state index contributed by atoms with van der Waals surface area (Å²) in [6.45, 7) is 13.2. The van der Waals surface area contributed by atoms with E-state index in [1.54, 1.807) is 50.2 Å². The standard InChI is InChI=1S/C40H45F3N2O5/c1-24(2)36-35(38(47)44-28-11-9-8-10-12-28)34(31-18-17-27(42)21-32(31)43)37(25-13-15-26(41)16-14-25)45(36)20-19-29-22-30(49-40(6,7)48-29)23-33(46)50-39(3,4)5/h8-18,21,24,29-30H,19-20,22-23H2,1-7H3,(H,44,47)/t29-,30-/m1/s1. The zero-order chi connectivity index (χ0) is 36.4. The van der Waals surface area contributed by atoms with Crippen molar-refractivity contribution in [3.8, 4) is 22.4 Å². The smallest absolute Gasteiger partial charge is 0.308 e. The lowest BCUT2D eigenvalue weighted by Gasteiger charge is -2.41. The molecule has 1 saturated heterocycles. The zero-order valence-corrected chi connectivity index (χ0v) is 29.6. The van der Waals surface area contributed by atoms with Crippen molar-refractivity contribution in [2.45, 2.75) is 104 Å². The molecule has 50 heavy (non-hydrogen) atoms. The minimum atomic E-state index is -0.990. The van der Waals surface area contributed by atoms with Crippen molar-refractivity contribution in [3.63, 3.8) is 0 Å². The molecule has 0 radical (unpaired) electrons. The molecule has 0 spiro atoms. The Kier molecular flexibility index (Phi) is 10.9. The molecule has 0 aliphatic carbocycles. The van der Waals surface area contributed by atoms with Crippen molar-refractivity contribution in [1.82, 2.24) is 4.57 Å². The Morgan fingerprint density at radius 1 is 0.940 bits per heavy atom. The summed E-state index contributed by atoms with van der Waals surface area (Å²) in [5, 5.41) is 2.96. The first-order chi connectivity index (χ1) is 23.5. The maximum atomic E-state index is 15.8. The quantitative estimate of drug-likeness (QED) is 0.168. The predicted molar refractivity (Wildman–Crippen MR) is 187 cm³/mol. The molecule has 4 aromatic rings. The van der Waals surface area contributed by atoms with Crippen molar-refractivity contribution in [2.75, 3.05) is 5.32 Å². The normalized spacial score (nSPS) is 17.5. The molecular weight excluding hydrogens is 645 g/mol. The van der Waals surface area contributed by atoms with Gasteiger partial charge < -0.3 is 24.1 Å². The summed E-state index contributed by atoms with van der Waals surface area (Å²) in [4.78, 5) is 27.1. The lowest BCUT2D eigenvalue weighted by Crippen LogP contribution is -2.46. The fourth-order valence-corrected chi connectivity index (χ4v) is 6.64. The number of para-hydroxylation sites is 1. The van der Waals surface area contributed by atoms with Crippen LogP contribution in [-0.2, 0) is 25.5 Å². The average Bonchev–Trinajstić information content (AvgIpc) is 3.34. The third kappa shape index (κ3) is 8.84. The molecule has 1 aromatic heterocycles. The summed E-state index contributed by atoms with van der Waals surface area (Å²) in [5.74, 6) is -4.12. The molecule has 1 aliphatic rings. The van der Waals surface area contributed by atoms with E-state index >= 15 is 4.39 Å². The Morgan fingerprint density at radius 3 is 2.20 bits per heavy atom. The van der Waals surface area contributed by atoms with Gasteiger partial charge in [0.1, 0.15) is 23.1 Å². The van der Waals surface area contributed by atoms with E-state index < -0.39 is 40.9 Å². The van der Waals surface area contributed by atoms with E-state index in [0.29, 0.717) is 42.0 Å². The molecule has 3 aromatic carbocycles. The van der Waals surface area contributed by atoms with Gasteiger partial charge in [-0.1, -0.05) is 32.0 Å². The summed E-state index contributed by atoms with van der Waals surface area (Å²) in [6.07, 6.45) is 0.0848. The number of esters is 1. The second-order valence-corrected chi connectivity index (χ2v) is 14.4. The fourth-order valence-electron chi connectivity index (χ4n) is 6.64. The van der Waals surface area contributed by atoms with Gasteiger partial charge in [-0.3, -0.25) is 9.59 Å². The Bertz CT molecular complexity index is 1830. The lowest BCUT2D eigenvalue weighted by molar-refractivity contribution is -0.301. The van der Waals surface area contributed by atoms with Crippen molar-refractivity contribution in [3.05, 3.63) is 102 Å². The molecule has 2 heterocycles. The Balaban J connectivity index is 1.63. The highest BCUT2D eigenvalue weighted by atomic mass is 19.1. The van der Waals surface area contributed by atoms with Crippen LogP contribution >= 0.6 is 0 Å². The highest BCUT2D eigenvalue weighted by molar-refractivity contribution is 6.12. The molecule has 7 nitrogen and oxygen atoms in total. The van der Waals surface area contributed by atoms with Gasteiger partial charge in [-0.25, -0.2) is 13.2 Å². The maximum absolute atomic E-state index is 15.8. The van der Waals surface area contributed by atoms with Gasteiger partial charge in [-0.2, -0.15) is 0 Å². The van der Waals surface area contributed by atoms with E-state index in [1.165, 1.54) is 18.2 Å². The van der Waals surface area contributed by atoms with Crippen LogP contribution in [0.2, 0.25) is 0 Å². The van der Waals surface area contributed by atoms with E-state index in [4.69, 9.17) is 14.2 Å². The van der Waals surface area contributed by atoms with Crippen LogP contribution in [0, 0.1) is 17.5 Å². The van der Waals surface area contributed by atoms with Gasteiger partial charge in [0.2, 0.25) is 0 Å². The van der Waals surface area contributed by atoms with E-state index in [-0.39, 0.29) is 41.1 Å². The third-order valence-corrected chi connectivity index (χ3v) is 8.34. The molecule has 0 saturated carbocycles. The number of carbonyl (C=O) groups excluding carboxylic acids is 2. The Hall–Kier alpha value is -4.41. The Labute approximate surface area is 291 Å². The SMILES string of the molecule is CC(C)c1c(C(=O)Nc2ccccc2)c(-c2ccc(F)cc2F)c(-c2ccc(F)cc2)n1CC[C@@H]1C[C@H](CC(=O)OC(C)(C)C)OC(C)(C)O1. The fraction of sp³-hybridized carbons (Fsp3) is 0.400. The molecule has 0 unspecified atom stereocenters. The van der Waals surface area contributed by atoms with Crippen LogP contribution < -0.4 is 5.32 Å². The van der Waals surface area contributed by atoms with Crippen LogP contribution in [0.25, 0.3) is 22.4 Å². The summed E-state index contributed by atoms with van der Waals surface area (Å²) < 4.78 is 64.3. The predicted octanol–water partition coefficient (Wildman–Crippen LogP) is 9.65. The second-order valence-electron chi connectivity index (χ2n) is 14.4. The minimum absolute atomic E-state index is 0.0328. The molecule has 1 N–H and O–H groups in total. The van der Waals surface area contributed by atoms with E-state index in [1.807, 2.05) is 45.3 Å². The summed E-state index contributed by atoms with van der Waals surface area (Å²) in [7, 11) is 0. The van der Waals surface area contributed by atoms with E-state index in [0.717, 1.165) is 12.1 Å². The highest BCUT2D eigenvalue weighted by Crippen LogP contribution is 2.44. The highest BCUT2D eigenvalue weighted by Gasteiger charge is 2.38. The first-order valence-electron chi connectivity index (χ1n) is 16.9. The first kappa shape index (κ1) is 36.9. The van der Waals surface area contributed by atoms with Crippen LogP contribution in [0.1, 0.15) is 89.7 Å². The third-order valence-electron chi connectivity index (χ3n) is 8.34. The number of benzene rings is 3. The number of halogens is 3. The number of amides is 1. The maximum Gasteiger partial charge on any atom is 0.308 e. The molecule has 1 aliphatic heterocycles.